The number of halogens is 1. The molecule has 5 nitrogen and oxygen atoms in total. The van der Waals surface area contributed by atoms with Crippen molar-refractivity contribution < 1.29 is 14.3 Å². The summed E-state index contributed by atoms with van der Waals surface area (Å²) in [4.78, 5) is 15.1. The van der Waals surface area contributed by atoms with Gasteiger partial charge in [0.2, 0.25) is 0 Å². The van der Waals surface area contributed by atoms with E-state index in [1.165, 1.54) is 0 Å². The second-order valence-electron chi connectivity index (χ2n) is 4.40. The predicted octanol–water partition coefficient (Wildman–Crippen LogP) is 3.24. The highest BCUT2D eigenvalue weighted by molar-refractivity contribution is 9.10. The lowest BCUT2D eigenvalue weighted by atomic mass is 10.2. The molecule has 6 heteroatoms. The molecule has 0 fully saturated rings. The van der Waals surface area contributed by atoms with Crippen LogP contribution in [0.15, 0.2) is 29.0 Å². The molecule has 112 valence electrons. The largest absolute Gasteiger partial charge is 0.490 e. The number of carbonyl (C=O) groups is 1. The Morgan fingerprint density at radius 3 is 2.81 bits per heavy atom. The molecule has 1 aromatic carbocycles. The molecule has 1 aromatic heterocycles. The van der Waals surface area contributed by atoms with Gasteiger partial charge in [-0.3, -0.25) is 4.79 Å². The van der Waals surface area contributed by atoms with Gasteiger partial charge in [-0.15, -0.1) is 0 Å². The van der Waals surface area contributed by atoms with Crippen LogP contribution in [0.2, 0.25) is 0 Å². The van der Waals surface area contributed by atoms with Gasteiger partial charge in [-0.2, -0.15) is 0 Å². The van der Waals surface area contributed by atoms with Gasteiger partial charge in [0.1, 0.15) is 18.7 Å². The van der Waals surface area contributed by atoms with E-state index in [1.807, 2.05) is 24.6 Å². The first kappa shape index (κ1) is 15.6. The molecule has 0 amide bonds. The summed E-state index contributed by atoms with van der Waals surface area (Å²) in [7, 11) is 0. The molecule has 0 saturated carbocycles. The van der Waals surface area contributed by atoms with Crippen LogP contribution in [0.4, 0.5) is 0 Å². The summed E-state index contributed by atoms with van der Waals surface area (Å²) in [5, 5.41) is 0. The van der Waals surface area contributed by atoms with E-state index in [1.54, 1.807) is 18.3 Å². The molecular formula is C15H17BrN2O3. The minimum Gasteiger partial charge on any atom is -0.490 e. The van der Waals surface area contributed by atoms with Crippen molar-refractivity contribution in [3.63, 3.8) is 0 Å². The first-order valence-corrected chi connectivity index (χ1v) is 7.47. The Kier molecular flexibility index (Phi) is 5.38. The topological polar surface area (TPSA) is 53.4 Å². The van der Waals surface area contributed by atoms with E-state index >= 15 is 0 Å². The summed E-state index contributed by atoms with van der Waals surface area (Å²) in [6, 6.07) is 3.40. The highest BCUT2D eigenvalue weighted by Crippen LogP contribution is 2.36. The van der Waals surface area contributed by atoms with Crippen LogP contribution in [-0.4, -0.2) is 29.1 Å². The number of nitrogens with zero attached hydrogens (tertiary/aromatic N) is 2. The van der Waals surface area contributed by atoms with Gasteiger partial charge in [0.25, 0.3) is 0 Å². The lowest BCUT2D eigenvalue weighted by molar-refractivity contribution is 0.112. The van der Waals surface area contributed by atoms with E-state index in [-0.39, 0.29) is 0 Å². The van der Waals surface area contributed by atoms with E-state index < -0.39 is 0 Å². The zero-order valence-corrected chi connectivity index (χ0v) is 13.6. The first-order chi connectivity index (χ1) is 10.2. The summed E-state index contributed by atoms with van der Waals surface area (Å²) in [5.41, 5.74) is 0.545. The highest BCUT2D eigenvalue weighted by Gasteiger charge is 2.12. The molecular weight excluding hydrogens is 336 g/mol. The molecule has 0 aliphatic carbocycles. The van der Waals surface area contributed by atoms with Gasteiger partial charge in [-0.25, -0.2) is 4.98 Å². The molecule has 21 heavy (non-hydrogen) atoms. The molecule has 0 unspecified atom stereocenters. The molecule has 2 aromatic rings. The van der Waals surface area contributed by atoms with E-state index in [9.17, 15) is 4.79 Å². The van der Waals surface area contributed by atoms with E-state index in [2.05, 4.69) is 20.9 Å². The van der Waals surface area contributed by atoms with Gasteiger partial charge in [0.05, 0.1) is 17.6 Å². The number of benzene rings is 1. The molecule has 2 rings (SSSR count). The third kappa shape index (κ3) is 3.85. The molecule has 0 saturated heterocycles. The van der Waals surface area contributed by atoms with Crippen molar-refractivity contribution in [1.82, 2.24) is 9.55 Å². The zero-order chi connectivity index (χ0) is 15.2. The third-order valence-electron chi connectivity index (χ3n) is 2.97. The van der Waals surface area contributed by atoms with Crippen molar-refractivity contribution in [2.45, 2.75) is 20.4 Å². The number of aldehydes is 1. The Bertz CT molecular complexity index is 625. The van der Waals surface area contributed by atoms with Gasteiger partial charge >= 0.3 is 0 Å². The van der Waals surface area contributed by atoms with Crippen LogP contribution in [-0.2, 0) is 6.54 Å². The number of hydrogen-bond acceptors (Lipinski definition) is 4. The van der Waals surface area contributed by atoms with Gasteiger partial charge < -0.3 is 14.0 Å². The van der Waals surface area contributed by atoms with Crippen LogP contribution >= 0.6 is 15.9 Å². The van der Waals surface area contributed by atoms with Crippen molar-refractivity contribution >= 4 is 22.2 Å². The molecule has 0 aliphatic rings. The molecule has 1 heterocycles. The number of carbonyl (C=O) groups excluding carboxylic acids is 1. The fraction of sp³-hybridized carbons (Fsp3) is 0.333. The number of aryl methyl sites for hydroxylation is 1. The second-order valence-corrected chi connectivity index (χ2v) is 5.25. The SMILES string of the molecule is CCOc1cc(C=O)cc(Br)c1OCCn1ccnc1C. The Labute approximate surface area is 132 Å². The van der Waals surface area contributed by atoms with Crippen LogP contribution in [0.3, 0.4) is 0 Å². The zero-order valence-electron chi connectivity index (χ0n) is 12.0. The van der Waals surface area contributed by atoms with Crippen LogP contribution in [0.25, 0.3) is 0 Å². The Hall–Kier alpha value is -1.82. The smallest absolute Gasteiger partial charge is 0.175 e. The Balaban J connectivity index is 2.11. The average Bonchev–Trinajstić information content (AvgIpc) is 2.87. The summed E-state index contributed by atoms with van der Waals surface area (Å²) in [5.74, 6) is 2.12. The summed E-state index contributed by atoms with van der Waals surface area (Å²) in [6.07, 6.45) is 4.45. The lowest BCUT2D eigenvalue weighted by Gasteiger charge is -2.14. The van der Waals surface area contributed by atoms with E-state index in [0.29, 0.717) is 41.3 Å². The minimum atomic E-state index is 0.482. The molecule has 0 bridgehead atoms. The highest BCUT2D eigenvalue weighted by atomic mass is 79.9. The van der Waals surface area contributed by atoms with Gasteiger partial charge in [-0.1, -0.05) is 0 Å². The second kappa shape index (κ2) is 7.26. The van der Waals surface area contributed by atoms with Gasteiger partial charge in [0, 0.05) is 18.0 Å². The average molecular weight is 353 g/mol. The summed E-state index contributed by atoms with van der Waals surface area (Å²) < 4.78 is 14.1. The van der Waals surface area contributed by atoms with Gasteiger partial charge in [-0.05, 0) is 41.9 Å². The van der Waals surface area contributed by atoms with E-state index in [4.69, 9.17) is 9.47 Å². The Morgan fingerprint density at radius 1 is 1.38 bits per heavy atom. The van der Waals surface area contributed by atoms with Crippen molar-refractivity contribution in [2.24, 2.45) is 0 Å². The third-order valence-corrected chi connectivity index (χ3v) is 3.56. The number of ether oxygens (including phenoxy) is 2. The summed E-state index contributed by atoms with van der Waals surface area (Å²) >= 11 is 3.42. The van der Waals surface area contributed by atoms with Crippen molar-refractivity contribution in [3.8, 4) is 11.5 Å². The molecule has 0 aliphatic heterocycles. The van der Waals surface area contributed by atoms with Crippen LogP contribution in [0.5, 0.6) is 11.5 Å². The number of hydrogen-bond donors (Lipinski definition) is 0. The quantitative estimate of drug-likeness (QED) is 0.717. The fourth-order valence-corrected chi connectivity index (χ4v) is 2.52. The van der Waals surface area contributed by atoms with E-state index in [0.717, 1.165) is 12.1 Å². The van der Waals surface area contributed by atoms with Crippen molar-refractivity contribution in [2.75, 3.05) is 13.2 Å². The molecule has 0 spiro atoms. The fourth-order valence-electron chi connectivity index (χ4n) is 1.95. The van der Waals surface area contributed by atoms with Crippen LogP contribution < -0.4 is 9.47 Å². The maximum atomic E-state index is 10.9. The number of rotatable bonds is 7. The number of imidazole rings is 1. The normalized spacial score (nSPS) is 10.4. The summed E-state index contributed by atoms with van der Waals surface area (Å²) in [6.45, 7) is 5.52. The molecule has 0 N–H and O–H groups in total. The standard InChI is InChI=1S/C15H17BrN2O3/c1-3-20-14-9-12(10-19)8-13(16)15(14)21-7-6-18-5-4-17-11(18)2/h4-5,8-10H,3,6-7H2,1-2H3. The van der Waals surface area contributed by atoms with Crippen LogP contribution in [0.1, 0.15) is 23.1 Å². The lowest BCUT2D eigenvalue weighted by Crippen LogP contribution is -2.10. The number of aromatic nitrogens is 2. The maximum absolute atomic E-state index is 10.9. The van der Waals surface area contributed by atoms with Crippen LogP contribution in [0, 0.1) is 6.92 Å². The van der Waals surface area contributed by atoms with Crippen molar-refractivity contribution in [3.05, 3.63) is 40.4 Å². The maximum Gasteiger partial charge on any atom is 0.175 e. The van der Waals surface area contributed by atoms with Crippen molar-refractivity contribution in [1.29, 1.82) is 0 Å². The predicted molar refractivity (Wildman–Crippen MR) is 83.2 cm³/mol. The molecule has 0 atom stereocenters. The Morgan fingerprint density at radius 2 is 2.19 bits per heavy atom. The monoisotopic (exact) mass is 352 g/mol. The van der Waals surface area contributed by atoms with Gasteiger partial charge in [0.15, 0.2) is 11.5 Å². The molecule has 0 radical (unpaired) electrons. The first-order valence-electron chi connectivity index (χ1n) is 6.67. The minimum absolute atomic E-state index is 0.482.